The second-order valence-corrected chi connectivity index (χ2v) is 8.37. The van der Waals surface area contributed by atoms with E-state index in [0.29, 0.717) is 37.0 Å². The van der Waals surface area contributed by atoms with Gasteiger partial charge in [0.05, 0.1) is 0 Å². The van der Waals surface area contributed by atoms with E-state index in [1.54, 1.807) is 6.08 Å². The molecule has 4 aliphatic rings. The summed E-state index contributed by atoms with van der Waals surface area (Å²) in [7, 11) is 0. The number of hydrogen-bond donors (Lipinski definition) is 0. The predicted molar refractivity (Wildman–Crippen MR) is 81.9 cm³/mol. The molecule has 6 unspecified atom stereocenters. The van der Waals surface area contributed by atoms with Crippen LogP contribution in [0.5, 0.6) is 0 Å². The molecule has 3 fully saturated rings. The Labute approximate surface area is 131 Å². The second-order valence-electron chi connectivity index (χ2n) is 8.37. The van der Waals surface area contributed by atoms with Gasteiger partial charge in [-0.25, -0.2) is 4.39 Å². The lowest BCUT2D eigenvalue weighted by atomic mass is 9.49. The first-order valence-electron chi connectivity index (χ1n) is 8.82. The van der Waals surface area contributed by atoms with Crippen molar-refractivity contribution in [3.63, 3.8) is 0 Å². The van der Waals surface area contributed by atoms with E-state index in [9.17, 15) is 9.59 Å². The van der Waals surface area contributed by atoms with Crippen LogP contribution in [-0.2, 0) is 9.59 Å². The van der Waals surface area contributed by atoms with Gasteiger partial charge in [-0.05, 0) is 55.4 Å². The van der Waals surface area contributed by atoms with Crippen LogP contribution in [0.1, 0.15) is 52.4 Å². The van der Waals surface area contributed by atoms with E-state index in [1.165, 1.54) is 5.57 Å². The molecule has 0 radical (unpaired) electrons. The van der Waals surface area contributed by atoms with Crippen molar-refractivity contribution in [3.8, 4) is 0 Å². The van der Waals surface area contributed by atoms with Crippen molar-refractivity contribution in [1.29, 1.82) is 0 Å². The van der Waals surface area contributed by atoms with Crippen LogP contribution in [0.2, 0.25) is 0 Å². The number of carbonyl (C=O) groups excluding carboxylic acids is 2. The molecule has 120 valence electrons. The van der Waals surface area contributed by atoms with Crippen molar-refractivity contribution in [2.45, 2.75) is 58.5 Å². The Hall–Kier alpha value is -0.990. The number of fused-ring (bicyclic) bond motifs is 5. The van der Waals surface area contributed by atoms with Gasteiger partial charge in [0.1, 0.15) is 12.0 Å². The van der Waals surface area contributed by atoms with Crippen molar-refractivity contribution in [2.24, 2.45) is 35.0 Å². The number of ketones is 2. The first-order chi connectivity index (χ1) is 10.4. The number of halogens is 1. The van der Waals surface area contributed by atoms with Crippen LogP contribution in [0.25, 0.3) is 0 Å². The molecule has 4 rings (SSSR count). The molecule has 2 nitrogen and oxygen atoms in total. The van der Waals surface area contributed by atoms with Crippen LogP contribution in [0, 0.1) is 35.0 Å². The number of hydrogen-bond acceptors (Lipinski definition) is 2. The molecule has 0 aliphatic heterocycles. The van der Waals surface area contributed by atoms with E-state index >= 15 is 4.39 Å². The number of rotatable bonds is 0. The van der Waals surface area contributed by atoms with Crippen molar-refractivity contribution in [3.05, 3.63) is 11.6 Å². The van der Waals surface area contributed by atoms with Gasteiger partial charge in [-0.3, -0.25) is 9.59 Å². The molecule has 0 heterocycles. The SMILES string of the molecule is CC1CC2=CC(=O)CCC2C2C(F)C[C@]3(C)C(=O)CCC3C12. The lowest BCUT2D eigenvalue weighted by Crippen LogP contribution is -2.54. The molecule has 3 heteroatoms. The molecule has 22 heavy (non-hydrogen) atoms. The Morgan fingerprint density at radius 1 is 1.18 bits per heavy atom. The molecular weight excluding hydrogens is 279 g/mol. The van der Waals surface area contributed by atoms with Crippen LogP contribution in [0.15, 0.2) is 11.6 Å². The average Bonchev–Trinajstić information content (AvgIpc) is 2.74. The van der Waals surface area contributed by atoms with E-state index in [-0.39, 0.29) is 23.4 Å². The fraction of sp³-hybridized carbons (Fsp3) is 0.789. The summed E-state index contributed by atoms with van der Waals surface area (Å²) in [6, 6.07) is 0. The molecule has 0 amide bonds. The summed E-state index contributed by atoms with van der Waals surface area (Å²) in [4.78, 5) is 24.1. The first-order valence-corrected chi connectivity index (χ1v) is 8.82. The van der Waals surface area contributed by atoms with E-state index in [0.717, 1.165) is 19.3 Å². The molecule has 0 saturated heterocycles. The normalized spacial score (nSPS) is 51.0. The number of allylic oxidation sites excluding steroid dienone is 1. The Bertz CT molecular complexity index is 566. The molecule has 0 aromatic rings. The molecule has 0 N–H and O–H groups in total. The third-order valence-electron chi connectivity index (χ3n) is 7.29. The van der Waals surface area contributed by atoms with Crippen LogP contribution in [-0.4, -0.2) is 17.7 Å². The summed E-state index contributed by atoms with van der Waals surface area (Å²) in [5, 5.41) is 0. The second kappa shape index (κ2) is 4.75. The Morgan fingerprint density at radius 2 is 1.95 bits per heavy atom. The van der Waals surface area contributed by atoms with Crippen molar-refractivity contribution >= 4 is 11.6 Å². The Kier molecular flexibility index (Phi) is 3.15. The van der Waals surface area contributed by atoms with Crippen molar-refractivity contribution in [2.75, 3.05) is 0 Å². The van der Waals surface area contributed by atoms with Gasteiger partial charge < -0.3 is 0 Å². The maximum Gasteiger partial charge on any atom is 0.155 e. The summed E-state index contributed by atoms with van der Waals surface area (Å²) in [5.74, 6) is 1.82. The van der Waals surface area contributed by atoms with Gasteiger partial charge in [-0.1, -0.05) is 19.4 Å². The molecule has 0 spiro atoms. The highest BCUT2D eigenvalue weighted by molar-refractivity contribution is 5.91. The van der Waals surface area contributed by atoms with Gasteiger partial charge in [0.2, 0.25) is 0 Å². The van der Waals surface area contributed by atoms with Crippen LogP contribution in [0.4, 0.5) is 4.39 Å². The summed E-state index contributed by atoms with van der Waals surface area (Å²) < 4.78 is 15.2. The van der Waals surface area contributed by atoms with E-state index in [4.69, 9.17) is 0 Å². The zero-order valence-corrected chi connectivity index (χ0v) is 13.5. The van der Waals surface area contributed by atoms with Gasteiger partial charge in [0.25, 0.3) is 0 Å². The van der Waals surface area contributed by atoms with E-state index in [1.807, 2.05) is 6.92 Å². The molecule has 4 aliphatic carbocycles. The fourth-order valence-electron chi connectivity index (χ4n) is 6.35. The summed E-state index contributed by atoms with van der Waals surface area (Å²) in [5.41, 5.74) is 0.765. The minimum Gasteiger partial charge on any atom is -0.299 e. The maximum absolute atomic E-state index is 15.2. The van der Waals surface area contributed by atoms with Crippen molar-refractivity contribution < 1.29 is 14.0 Å². The van der Waals surface area contributed by atoms with Crippen LogP contribution >= 0.6 is 0 Å². The summed E-state index contributed by atoms with van der Waals surface area (Å²) in [6.07, 6.45) is 5.20. The number of Topliss-reactive ketones (excluding diaryl/α,β-unsaturated/α-hetero) is 1. The van der Waals surface area contributed by atoms with E-state index < -0.39 is 11.6 Å². The van der Waals surface area contributed by atoms with Gasteiger partial charge in [-0.15, -0.1) is 0 Å². The highest BCUT2D eigenvalue weighted by Gasteiger charge is 2.61. The third kappa shape index (κ3) is 1.83. The van der Waals surface area contributed by atoms with Crippen LogP contribution < -0.4 is 0 Å². The zero-order valence-electron chi connectivity index (χ0n) is 13.5. The van der Waals surface area contributed by atoms with E-state index in [2.05, 4.69) is 6.92 Å². The lowest BCUT2D eigenvalue weighted by molar-refractivity contribution is -0.138. The van der Waals surface area contributed by atoms with Crippen molar-refractivity contribution in [1.82, 2.24) is 0 Å². The topological polar surface area (TPSA) is 34.1 Å². The monoisotopic (exact) mass is 304 g/mol. The molecule has 0 aromatic heterocycles. The predicted octanol–water partition coefficient (Wildman–Crippen LogP) is 3.89. The van der Waals surface area contributed by atoms with Gasteiger partial charge in [-0.2, -0.15) is 0 Å². The van der Waals surface area contributed by atoms with Crippen LogP contribution in [0.3, 0.4) is 0 Å². The lowest BCUT2D eigenvalue weighted by Gasteiger charge is -2.55. The highest BCUT2D eigenvalue weighted by atomic mass is 19.1. The minimum absolute atomic E-state index is 0.0343. The third-order valence-corrected chi connectivity index (χ3v) is 7.29. The molecule has 0 aromatic carbocycles. The Morgan fingerprint density at radius 3 is 2.73 bits per heavy atom. The largest absolute Gasteiger partial charge is 0.299 e. The average molecular weight is 304 g/mol. The Balaban J connectivity index is 1.74. The molecule has 7 atom stereocenters. The summed E-state index contributed by atoms with van der Waals surface area (Å²) in [6.45, 7) is 4.22. The standard InChI is InChI=1S/C19H25FO2/c1-10-7-11-8-12(21)3-4-13(11)18-15(20)9-19(2)14(17(10)18)5-6-16(19)22/h8,10,13-15,17-18H,3-7,9H2,1-2H3/t10?,13?,14?,15?,17?,18?,19-/m0/s1. The number of alkyl halides is 1. The zero-order chi connectivity index (χ0) is 15.6. The van der Waals surface area contributed by atoms with Gasteiger partial charge in [0, 0.05) is 24.2 Å². The number of carbonyl (C=O) groups is 2. The molecule has 0 bridgehead atoms. The first kappa shape index (κ1) is 14.6. The smallest absolute Gasteiger partial charge is 0.155 e. The quantitative estimate of drug-likeness (QED) is 0.680. The maximum atomic E-state index is 15.2. The molecule has 3 saturated carbocycles. The molecular formula is C19H25FO2. The minimum atomic E-state index is -0.891. The highest BCUT2D eigenvalue weighted by Crippen LogP contribution is 2.62. The summed E-state index contributed by atoms with van der Waals surface area (Å²) >= 11 is 0. The van der Waals surface area contributed by atoms with Gasteiger partial charge in [0.15, 0.2) is 5.78 Å². The van der Waals surface area contributed by atoms with Gasteiger partial charge >= 0.3 is 0 Å². The fourth-order valence-corrected chi connectivity index (χ4v) is 6.35.